The van der Waals surface area contributed by atoms with Crippen LogP contribution >= 0.6 is 0 Å². The van der Waals surface area contributed by atoms with Crippen LogP contribution in [0.15, 0.2) is 0 Å². The third-order valence-electron chi connectivity index (χ3n) is 1.14. The van der Waals surface area contributed by atoms with Gasteiger partial charge in [0.15, 0.2) is 0 Å². The Morgan fingerprint density at radius 3 is 2.00 bits per heavy atom. The van der Waals surface area contributed by atoms with Crippen LogP contribution in [0, 0.1) is 0 Å². The van der Waals surface area contributed by atoms with Gasteiger partial charge < -0.3 is 0 Å². The molecule has 0 N–H and O–H groups in total. The molecule has 60 valence electrons. The van der Waals surface area contributed by atoms with Gasteiger partial charge in [-0.3, -0.25) is 4.79 Å². The minimum atomic E-state index is -1.33. The van der Waals surface area contributed by atoms with E-state index in [0.29, 0.717) is 0 Å². The largest absolute Gasteiger partial charge is 0.300 e. The summed E-state index contributed by atoms with van der Waals surface area (Å²) in [6.07, 6.45) is -0.125. The molecule has 0 unspecified atom stereocenters. The monoisotopic (exact) mass is 151 g/mol. The molecule has 0 radical (unpaired) electrons. The van der Waals surface area contributed by atoms with Crippen molar-refractivity contribution in [3.8, 4) is 0 Å². The molecule has 2 nitrogen and oxygen atoms in total. The molecule has 0 aromatic carbocycles. The van der Waals surface area contributed by atoms with Crippen LogP contribution in [0.2, 0.25) is 0 Å². The summed E-state index contributed by atoms with van der Waals surface area (Å²) in [5.74, 6) is -0.231. The number of carbonyl (C=O) groups is 1. The van der Waals surface area contributed by atoms with Gasteiger partial charge in [-0.2, -0.15) is 0 Å². The van der Waals surface area contributed by atoms with Gasteiger partial charge in [-0.05, 0) is 20.8 Å². The molecule has 0 aromatic rings. The van der Waals surface area contributed by atoms with Crippen molar-refractivity contribution in [3.63, 3.8) is 0 Å². The average molecular weight is 151 g/mol. The maximum atomic E-state index is 11.9. The van der Waals surface area contributed by atoms with E-state index in [0.717, 1.165) is 0 Å². The van der Waals surface area contributed by atoms with E-state index in [1.54, 1.807) is 0 Å². The van der Waals surface area contributed by atoms with E-state index < -0.39 is 10.9 Å². The van der Waals surface area contributed by atoms with Gasteiger partial charge in [0.25, 0.3) is 0 Å². The molecule has 0 aromatic heterocycles. The third-order valence-corrected chi connectivity index (χ3v) is 1.14. The molecule has 0 atom stereocenters. The first-order chi connectivity index (χ1) is 4.36. The van der Waals surface area contributed by atoms with E-state index in [1.807, 2.05) is 0 Å². The highest BCUT2D eigenvalue weighted by Crippen LogP contribution is 2.19. The van der Waals surface area contributed by atoms with Crippen LogP contribution in [0.5, 0.6) is 0 Å². The molecule has 0 rings (SSSR count). The standard InChI is InChI=1S/C6H11F2NO/c1-5(10)4-6(2,3)9(7)8/h4H2,1-3H3. The number of Topliss-reactive ketones (excluding diaryl/α,β-unsaturated/α-hetero) is 1. The van der Waals surface area contributed by atoms with Crippen molar-refractivity contribution in [2.75, 3.05) is 0 Å². The summed E-state index contributed by atoms with van der Waals surface area (Å²) in [6, 6.07) is 0. The van der Waals surface area contributed by atoms with Gasteiger partial charge in [-0.15, -0.1) is 8.96 Å². The van der Waals surface area contributed by atoms with E-state index in [9.17, 15) is 13.8 Å². The normalized spacial score (nSPS) is 12.2. The van der Waals surface area contributed by atoms with Crippen LogP contribution in [-0.2, 0) is 4.79 Å². The predicted molar refractivity (Wildman–Crippen MR) is 33.4 cm³/mol. The molecule has 0 fully saturated rings. The van der Waals surface area contributed by atoms with Crippen LogP contribution < -0.4 is 0 Å². The molecule has 0 aliphatic heterocycles. The Hall–Kier alpha value is -0.510. The second-order valence-electron chi connectivity index (χ2n) is 2.92. The number of hydrogen-bond donors (Lipinski definition) is 0. The maximum Gasteiger partial charge on any atom is 0.131 e. The molecule has 10 heavy (non-hydrogen) atoms. The highest BCUT2D eigenvalue weighted by molar-refractivity contribution is 5.76. The molecule has 0 saturated heterocycles. The zero-order valence-electron chi connectivity index (χ0n) is 6.32. The van der Waals surface area contributed by atoms with E-state index in [4.69, 9.17) is 0 Å². The Kier molecular flexibility index (Phi) is 2.90. The summed E-state index contributed by atoms with van der Waals surface area (Å²) >= 11 is 0. The second kappa shape index (κ2) is 3.05. The van der Waals surface area contributed by atoms with Crippen LogP contribution in [0.25, 0.3) is 0 Å². The molecular formula is C6H11F2NO. The van der Waals surface area contributed by atoms with Crippen molar-refractivity contribution < 1.29 is 13.8 Å². The van der Waals surface area contributed by atoms with Gasteiger partial charge in [0.2, 0.25) is 0 Å². The fourth-order valence-corrected chi connectivity index (χ4v) is 0.669. The smallest absolute Gasteiger partial charge is 0.131 e. The first kappa shape index (κ1) is 9.49. The number of rotatable bonds is 3. The molecule has 4 heteroatoms. The average Bonchev–Trinajstić information content (AvgIpc) is 1.60. The molecule has 0 saturated carbocycles. The summed E-state index contributed by atoms with van der Waals surface area (Å²) < 4.78 is 23.7. The minimum absolute atomic E-state index is 0.125. The van der Waals surface area contributed by atoms with Crippen molar-refractivity contribution in [2.24, 2.45) is 0 Å². The highest BCUT2D eigenvalue weighted by atomic mass is 19.4. The molecule has 0 aliphatic carbocycles. The summed E-state index contributed by atoms with van der Waals surface area (Å²) in [5, 5.41) is -0.936. The van der Waals surface area contributed by atoms with Crippen molar-refractivity contribution in [1.82, 2.24) is 5.34 Å². The maximum absolute atomic E-state index is 11.9. The first-order valence-corrected chi connectivity index (χ1v) is 2.97. The summed E-state index contributed by atoms with van der Waals surface area (Å²) in [6.45, 7) is 3.92. The zero-order valence-corrected chi connectivity index (χ0v) is 6.32. The van der Waals surface area contributed by atoms with Crippen molar-refractivity contribution >= 4 is 5.78 Å². The van der Waals surface area contributed by atoms with Crippen molar-refractivity contribution in [1.29, 1.82) is 0 Å². The summed E-state index contributed by atoms with van der Waals surface area (Å²) in [4.78, 5) is 10.4. The quantitative estimate of drug-likeness (QED) is 0.573. The number of nitrogens with zero attached hydrogens (tertiary/aromatic N) is 1. The van der Waals surface area contributed by atoms with Crippen molar-refractivity contribution in [3.05, 3.63) is 0 Å². The summed E-state index contributed by atoms with van der Waals surface area (Å²) in [7, 11) is 0. The predicted octanol–water partition coefficient (Wildman–Crippen LogP) is 1.82. The molecule has 0 amide bonds. The van der Waals surface area contributed by atoms with Gasteiger partial charge in [0.05, 0.1) is 5.54 Å². The number of hydrogen-bond acceptors (Lipinski definition) is 2. The summed E-state index contributed by atoms with van der Waals surface area (Å²) in [5.41, 5.74) is -1.33. The fourth-order valence-electron chi connectivity index (χ4n) is 0.669. The lowest BCUT2D eigenvalue weighted by molar-refractivity contribution is -0.221. The number of halogens is 2. The highest BCUT2D eigenvalue weighted by Gasteiger charge is 2.29. The molecular weight excluding hydrogens is 140 g/mol. The van der Waals surface area contributed by atoms with Gasteiger partial charge >= 0.3 is 0 Å². The third kappa shape index (κ3) is 2.87. The van der Waals surface area contributed by atoms with Gasteiger partial charge in [0, 0.05) is 11.8 Å². The SMILES string of the molecule is CC(=O)CC(C)(C)N(F)F. The molecule has 0 bridgehead atoms. The van der Waals surface area contributed by atoms with Crippen LogP contribution in [0.1, 0.15) is 27.2 Å². The minimum Gasteiger partial charge on any atom is -0.300 e. The Morgan fingerprint density at radius 2 is 1.90 bits per heavy atom. The fraction of sp³-hybridized carbons (Fsp3) is 0.833. The van der Waals surface area contributed by atoms with Gasteiger partial charge in [-0.1, -0.05) is 0 Å². The van der Waals surface area contributed by atoms with E-state index >= 15 is 0 Å². The molecule has 0 spiro atoms. The lowest BCUT2D eigenvalue weighted by Gasteiger charge is -2.22. The topological polar surface area (TPSA) is 20.3 Å². The number of ketones is 1. The lowest BCUT2D eigenvalue weighted by Crippen LogP contribution is -2.34. The Bertz CT molecular complexity index is 134. The Balaban J connectivity index is 3.99. The zero-order chi connectivity index (χ0) is 8.36. The molecule has 0 heterocycles. The van der Waals surface area contributed by atoms with Crippen LogP contribution in [0.3, 0.4) is 0 Å². The molecule has 0 aliphatic rings. The Labute approximate surface area is 58.7 Å². The first-order valence-electron chi connectivity index (χ1n) is 2.97. The van der Waals surface area contributed by atoms with Gasteiger partial charge in [-0.25, -0.2) is 0 Å². The number of carbonyl (C=O) groups excluding carboxylic acids is 1. The van der Waals surface area contributed by atoms with E-state index in [-0.39, 0.29) is 12.2 Å². The van der Waals surface area contributed by atoms with Crippen LogP contribution in [-0.4, -0.2) is 16.7 Å². The van der Waals surface area contributed by atoms with Gasteiger partial charge in [0.1, 0.15) is 5.78 Å². The van der Waals surface area contributed by atoms with E-state index in [2.05, 4.69) is 0 Å². The Morgan fingerprint density at radius 1 is 1.50 bits per heavy atom. The lowest BCUT2D eigenvalue weighted by atomic mass is 10.00. The van der Waals surface area contributed by atoms with Crippen molar-refractivity contribution in [2.45, 2.75) is 32.7 Å². The van der Waals surface area contributed by atoms with Crippen LogP contribution in [0.4, 0.5) is 8.96 Å². The van der Waals surface area contributed by atoms with E-state index in [1.165, 1.54) is 20.8 Å². The second-order valence-corrected chi connectivity index (χ2v) is 2.92.